The molecule has 94 valence electrons. The van der Waals surface area contributed by atoms with Crippen molar-refractivity contribution >= 4 is 27.5 Å². The van der Waals surface area contributed by atoms with Gasteiger partial charge in [-0.2, -0.15) is 0 Å². The van der Waals surface area contributed by atoms with Crippen LogP contribution in [0.4, 0.5) is 0 Å². The number of hydrogen-bond acceptors (Lipinski definition) is 1. The van der Waals surface area contributed by atoms with E-state index in [9.17, 15) is 0 Å². The molecule has 0 bridgehead atoms. The fraction of sp³-hybridized carbons (Fsp3) is 0.375. The van der Waals surface area contributed by atoms with Crippen LogP contribution in [0.5, 0.6) is 0 Å². The lowest BCUT2D eigenvalue weighted by molar-refractivity contribution is 1.50. The molecule has 2 aromatic rings. The van der Waals surface area contributed by atoms with Gasteiger partial charge in [-0.15, -0.1) is 11.3 Å². The minimum Gasteiger partial charge on any atom is -0.140 e. The Bertz CT molecular complexity index is 449. The molecule has 0 saturated heterocycles. The zero-order valence-electron chi connectivity index (χ0n) is 11.9. The molecule has 1 heteroatoms. The monoisotopic (exact) mass is 248 g/mol. The van der Waals surface area contributed by atoms with Gasteiger partial charge in [0.15, 0.2) is 0 Å². The van der Waals surface area contributed by atoms with Crippen LogP contribution >= 0.6 is 11.3 Å². The Kier molecular flexibility index (Phi) is 8.43. The normalized spacial score (nSPS) is 9.53. The largest absolute Gasteiger partial charge is 0.140 e. The third kappa shape index (κ3) is 4.01. The van der Waals surface area contributed by atoms with Crippen LogP contribution in [0.15, 0.2) is 30.3 Å². The Hall–Kier alpha value is -1.08. The van der Waals surface area contributed by atoms with Crippen LogP contribution in [-0.4, -0.2) is 0 Å². The molecule has 0 aliphatic carbocycles. The number of fused-ring (bicyclic) bond motifs is 1. The summed E-state index contributed by atoms with van der Waals surface area (Å²) < 4.78 is 1.38. The van der Waals surface area contributed by atoms with Crippen molar-refractivity contribution in [3.8, 4) is 0 Å². The van der Waals surface area contributed by atoms with E-state index in [1.54, 1.807) is 0 Å². The Morgan fingerprint density at radius 3 is 2.18 bits per heavy atom. The second-order valence-corrected chi connectivity index (χ2v) is 4.32. The van der Waals surface area contributed by atoms with Crippen LogP contribution in [0, 0.1) is 6.92 Å². The van der Waals surface area contributed by atoms with Gasteiger partial charge in [-0.3, -0.25) is 0 Å². The van der Waals surface area contributed by atoms with Gasteiger partial charge in [-0.05, 0) is 30.9 Å². The van der Waals surface area contributed by atoms with Gasteiger partial charge in [0.25, 0.3) is 0 Å². The molecule has 0 atom stereocenters. The smallest absolute Gasteiger partial charge is 0.0351 e. The van der Waals surface area contributed by atoms with Crippen LogP contribution < -0.4 is 0 Å². The molecular weight excluding hydrogens is 224 g/mol. The second-order valence-electron chi connectivity index (χ2n) is 3.07. The van der Waals surface area contributed by atoms with Crippen molar-refractivity contribution in [1.82, 2.24) is 0 Å². The SMILES string of the molecule is C/C=C\c1c(C)sc2ccccc12.CC.CC. The Labute approximate surface area is 110 Å². The number of hydrogen-bond donors (Lipinski definition) is 0. The quantitative estimate of drug-likeness (QED) is 0.556. The van der Waals surface area contributed by atoms with Gasteiger partial charge in [0, 0.05) is 9.58 Å². The number of aryl methyl sites for hydroxylation is 1. The summed E-state index contributed by atoms with van der Waals surface area (Å²) in [6, 6.07) is 8.56. The molecule has 0 N–H and O–H groups in total. The molecule has 0 radical (unpaired) electrons. The van der Waals surface area contributed by atoms with E-state index in [2.05, 4.69) is 50.3 Å². The predicted octanol–water partition coefficient (Wildman–Crippen LogP) is 6.30. The van der Waals surface area contributed by atoms with E-state index in [1.165, 1.54) is 20.5 Å². The summed E-state index contributed by atoms with van der Waals surface area (Å²) in [6.45, 7) is 12.2. The average molecular weight is 248 g/mol. The molecule has 0 fully saturated rings. The number of benzene rings is 1. The van der Waals surface area contributed by atoms with E-state index in [1.807, 2.05) is 39.0 Å². The Balaban J connectivity index is 0.000000581. The standard InChI is InChI=1S/C12H12S.2C2H6/c1-3-6-10-9(2)13-12-8-5-4-7-11(10)12;2*1-2/h3-8H,1-2H3;2*1-2H3/b6-3-;;. The van der Waals surface area contributed by atoms with E-state index < -0.39 is 0 Å². The molecule has 1 heterocycles. The maximum absolute atomic E-state index is 2.19. The van der Waals surface area contributed by atoms with Gasteiger partial charge in [0.1, 0.15) is 0 Å². The third-order valence-corrected chi connectivity index (χ3v) is 3.25. The van der Waals surface area contributed by atoms with Crippen LogP contribution in [0.1, 0.15) is 45.1 Å². The van der Waals surface area contributed by atoms with Crippen molar-refractivity contribution in [2.45, 2.75) is 41.5 Å². The predicted molar refractivity (Wildman–Crippen MR) is 84.0 cm³/mol. The molecule has 0 unspecified atom stereocenters. The lowest BCUT2D eigenvalue weighted by Gasteiger charge is -1.91. The molecule has 17 heavy (non-hydrogen) atoms. The summed E-state index contributed by atoms with van der Waals surface area (Å²) >= 11 is 1.87. The first kappa shape index (κ1) is 15.9. The molecule has 0 aliphatic rings. The molecule has 0 amide bonds. The first-order valence-electron chi connectivity index (χ1n) is 6.43. The highest BCUT2D eigenvalue weighted by molar-refractivity contribution is 7.19. The van der Waals surface area contributed by atoms with E-state index in [4.69, 9.17) is 0 Å². The highest BCUT2D eigenvalue weighted by Crippen LogP contribution is 2.31. The third-order valence-electron chi connectivity index (χ3n) is 2.15. The number of allylic oxidation sites excluding steroid dienone is 1. The lowest BCUT2D eigenvalue weighted by Crippen LogP contribution is -1.70. The minimum atomic E-state index is 1.38. The fourth-order valence-electron chi connectivity index (χ4n) is 1.56. The highest BCUT2D eigenvalue weighted by Gasteiger charge is 2.03. The molecular formula is C16H24S. The van der Waals surface area contributed by atoms with Gasteiger partial charge in [-0.1, -0.05) is 58.0 Å². The zero-order valence-corrected chi connectivity index (χ0v) is 12.7. The van der Waals surface area contributed by atoms with Gasteiger partial charge in [-0.25, -0.2) is 0 Å². The van der Waals surface area contributed by atoms with Crippen molar-refractivity contribution < 1.29 is 0 Å². The summed E-state index contributed by atoms with van der Waals surface area (Å²) in [5.41, 5.74) is 1.38. The van der Waals surface area contributed by atoms with Crippen LogP contribution in [0.25, 0.3) is 16.2 Å². The summed E-state index contributed by atoms with van der Waals surface area (Å²) in [6.07, 6.45) is 4.29. The van der Waals surface area contributed by atoms with Gasteiger partial charge in [0.2, 0.25) is 0 Å². The van der Waals surface area contributed by atoms with Crippen LogP contribution in [0.3, 0.4) is 0 Å². The maximum atomic E-state index is 2.19. The topological polar surface area (TPSA) is 0 Å². The summed E-state index contributed by atoms with van der Waals surface area (Å²) in [5.74, 6) is 0. The maximum Gasteiger partial charge on any atom is 0.0351 e. The molecule has 2 rings (SSSR count). The van der Waals surface area contributed by atoms with Crippen LogP contribution in [-0.2, 0) is 0 Å². The van der Waals surface area contributed by atoms with E-state index >= 15 is 0 Å². The van der Waals surface area contributed by atoms with E-state index in [0.29, 0.717) is 0 Å². The minimum absolute atomic E-state index is 1.38. The summed E-state index contributed by atoms with van der Waals surface area (Å²) in [4.78, 5) is 1.40. The fourth-order valence-corrected chi connectivity index (χ4v) is 2.61. The average Bonchev–Trinajstić information content (AvgIpc) is 2.72. The van der Waals surface area contributed by atoms with Crippen molar-refractivity contribution in [2.24, 2.45) is 0 Å². The number of rotatable bonds is 1. The molecule has 0 nitrogen and oxygen atoms in total. The first-order valence-corrected chi connectivity index (χ1v) is 7.25. The Morgan fingerprint density at radius 2 is 1.59 bits per heavy atom. The molecule has 1 aromatic carbocycles. The molecule has 0 aliphatic heterocycles. The number of thiophene rings is 1. The lowest BCUT2D eigenvalue weighted by atomic mass is 10.1. The van der Waals surface area contributed by atoms with Gasteiger partial charge >= 0.3 is 0 Å². The summed E-state index contributed by atoms with van der Waals surface area (Å²) in [7, 11) is 0. The molecule has 1 aromatic heterocycles. The van der Waals surface area contributed by atoms with Gasteiger partial charge < -0.3 is 0 Å². The van der Waals surface area contributed by atoms with Crippen LogP contribution in [0.2, 0.25) is 0 Å². The van der Waals surface area contributed by atoms with Crippen molar-refractivity contribution in [3.63, 3.8) is 0 Å². The van der Waals surface area contributed by atoms with Crippen molar-refractivity contribution in [1.29, 1.82) is 0 Å². The Morgan fingerprint density at radius 1 is 1.00 bits per heavy atom. The molecule has 0 saturated carbocycles. The van der Waals surface area contributed by atoms with E-state index in [-0.39, 0.29) is 0 Å². The zero-order chi connectivity index (χ0) is 13.3. The summed E-state index contributed by atoms with van der Waals surface area (Å²) in [5, 5.41) is 1.38. The van der Waals surface area contributed by atoms with E-state index in [0.717, 1.165) is 0 Å². The first-order chi connectivity index (χ1) is 8.33. The van der Waals surface area contributed by atoms with Crippen molar-refractivity contribution in [3.05, 3.63) is 40.8 Å². The molecule has 0 spiro atoms. The second kappa shape index (κ2) is 9.00. The van der Waals surface area contributed by atoms with Crippen molar-refractivity contribution in [2.75, 3.05) is 0 Å². The van der Waals surface area contributed by atoms with Gasteiger partial charge in [0.05, 0.1) is 0 Å². The highest BCUT2D eigenvalue weighted by atomic mass is 32.1.